The second kappa shape index (κ2) is 5.05. The third-order valence-electron chi connectivity index (χ3n) is 3.44. The van der Waals surface area contributed by atoms with Gasteiger partial charge in [0.25, 0.3) is 0 Å². The van der Waals surface area contributed by atoms with Gasteiger partial charge in [0.1, 0.15) is 11.6 Å². The molecule has 0 aliphatic heterocycles. The standard InChI is InChI=1S/C15H21N3O/c1-10-13(11-7-6-8-12(9-11)19-5)18-14(17-10)15(2,3)16-4/h6-9,16H,1-5H3,(H,17,18). The van der Waals surface area contributed by atoms with E-state index in [-0.39, 0.29) is 5.54 Å². The van der Waals surface area contributed by atoms with Crippen molar-refractivity contribution in [1.82, 2.24) is 15.3 Å². The Labute approximate surface area is 114 Å². The molecule has 0 aliphatic rings. The van der Waals surface area contributed by atoms with Crippen LogP contribution in [0.2, 0.25) is 0 Å². The molecule has 2 aromatic rings. The zero-order valence-corrected chi connectivity index (χ0v) is 12.2. The third kappa shape index (κ3) is 2.63. The Balaban J connectivity index is 2.45. The van der Waals surface area contributed by atoms with Crippen LogP contribution in [0.1, 0.15) is 25.4 Å². The zero-order valence-electron chi connectivity index (χ0n) is 12.2. The van der Waals surface area contributed by atoms with E-state index in [0.29, 0.717) is 0 Å². The number of rotatable bonds is 4. The molecular weight excluding hydrogens is 238 g/mol. The second-order valence-electron chi connectivity index (χ2n) is 5.17. The summed E-state index contributed by atoms with van der Waals surface area (Å²) in [7, 11) is 3.61. The van der Waals surface area contributed by atoms with Gasteiger partial charge in [-0.2, -0.15) is 0 Å². The minimum atomic E-state index is -0.179. The lowest BCUT2D eigenvalue weighted by Gasteiger charge is -2.20. The van der Waals surface area contributed by atoms with E-state index in [4.69, 9.17) is 9.72 Å². The molecule has 0 saturated carbocycles. The summed E-state index contributed by atoms with van der Waals surface area (Å²) in [5, 5.41) is 3.25. The summed E-state index contributed by atoms with van der Waals surface area (Å²) in [5.41, 5.74) is 2.91. The van der Waals surface area contributed by atoms with Crippen LogP contribution in [0.5, 0.6) is 5.75 Å². The van der Waals surface area contributed by atoms with Crippen LogP contribution in [0.15, 0.2) is 24.3 Å². The van der Waals surface area contributed by atoms with Gasteiger partial charge in [0.2, 0.25) is 0 Å². The average Bonchev–Trinajstić information content (AvgIpc) is 2.81. The predicted octanol–water partition coefficient (Wildman–Crippen LogP) is 2.85. The molecule has 2 N–H and O–H groups in total. The maximum Gasteiger partial charge on any atom is 0.126 e. The molecule has 19 heavy (non-hydrogen) atoms. The summed E-state index contributed by atoms with van der Waals surface area (Å²) < 4.78 is 5.26. The third-order valence-corrected chi connectivity index (χ3v) is 3.44. The monoisotopic (exact) mass is 259 g/mol. The molecule has 1 heterocycles. The molecule has 0 radical (unpaired) electrons. The van der Waals surface area contributed by atoms with Gasteiger partial charge in [-0.1, -0.05) is 12.1 Å². The van der Waals surface area contributed by atoms with Gasteiger partial charge in [-0.05, 0) is 40.0 Å². The number of aromatic amines is 1. The molecular formula is C15H21N3O. The fraction of sp³-hybridized carbons (Fsp3) is 0.400. The van der Waals surface area contributed by atoms with Gasteiger partial charge >= 0.3 is 0 Å². The first-order chi connectivity index (χ1) is 8.97. The van der Waals surface area contributed by atoms with Gasteiger partial charge in [-0.15, -0.1) is 0 Å². The van der Waals surface area contributed by atoms with Crippen molar-refractivity contribution in [3.8, 4) is 17.0 Å². The average molecular weight is 259 g/mol. The Morgan fingerprint density at radius 1 is 1.32 bits per heavy atom. The van der Waals surface area contributed by atoms with Gasteiger partial charge in [-0.3, -0.25) is 0 Å². The topological polar surface area (TPSA) is 49.9 Å². The van der Waals surface area contributed by atoms with Crippen LogP contribution >= 0.6 is 0 Å². The lowest BCUT2D eigenvalue weighted by atomic mass is 10.1. The molecule has 0 saturated heterocycles. The first kappa shape index (κ1) is 13.6. The van der Waals surface area contributed by atoms with Crippen molar-refractivity contribution in [1.29, 1.82) is 0 Å². The summed E-state index contributed by atoms with van der Waals surface area (Å²) in [6, 6.07) is 7.95. The van der Waals surface area contributed by atoms with Gasteiger partial charge in [-0.25, -0.2) is 4.98 Å². The fourth-order valence-electron chi connectivity index (χ4n) is 1.93. The van der Waals surface area contributed by atoms with Crippen molar-refractivity contribution < 1.29 is 4.74 Å². The number of nitrogens with one attached hydrogen (secondary N) is 2. The number of aryl methyl sites for hydroxylation is 1. The number of imidazole rings is 1. The van der Waals surface area contributed by atoms with E-state index in [2.05, 4.69) is 24.1 Å². The largest absolute Gasteiger partial charge is 0.497 e. The molecule has 4 nitrogen and oxygen atoms in total. The van der Waals surface area contributed by atoms with Crippen molar-refractivity contribution >= 4 is 0 Å². The fourth-order valence-corrected chi connectivity index (χ4v) is 1.93. The molecule has 2 rings (SSSR count). The van der Waals surface area contributed by atoms with Crippen LogP contribution in [-0.4, -0.2) is 24.1 Å². The van der Waals surface area contributed by atoms with E-state index >= 15 is 0 Å². The smallest absolute Gasteiger partial charge is 0.126 e. The Hall–Kier alpha value is -1.81. The summed E-state index contributed by atoms with van der Waals surface area (Å²) in [6.45, 7) is 6.23. The van der Waals surface area contributed by atoms with Crippen LogP contribution in [0, 0.1) is 6.92 Å². The van der Waals surface area contributed by atoms with Crippen LogP contribution in [-0.2, 0) is 5.54 Å². The highest BCUT2D eigenvalue weighted by Gasteiger charge is 2.23. The van der Waals surface area contributed by atoms with Crippen LogP contribution < -0.4 is 10.1 Å². The molecule has 0 bridgehead atoms. The van der Waals surface area contributed by atoms with Crippen molar-refractivity contribution in [3.05, 3.63) is 35.8 Å². The normalized spacial score (nSPS) is 11.6. The number of aromatic nitrogens is 2. The molecule has 0 atom stereocenters. The highest BCUT2D eigenvalue weighted by molar-refractivity contribution is 5.63. The molecule has 0 spiro atoms. The minimum Gasteiger partial charge on any atom is -0.497 e. The lowest BCUT2D eigenvalue weighted by molar-refractivity contribution is 0.415. The van der Waals surface area contributed by atoms with Crippen LogP contribution in [0.4, 0.5) is 0 Å². The maximum absolute atomic E-state index is 5.26. The van der Waals surface area contributed by atoms with E-state index in [1.165, 1.54) is 0 Å². The number of methoxy groups -OCH3 is 1. The van der Waals surface area contributed by atoms with E-state index in [9.17, 15) is 0 Å². The van der Waals surface area contributed by atoms with Crippen molar-refractivity contribution in [2.24, 2.45) is 0 Å². The first-order valence-electron chi connectivity index (χ1n) is 6.38. The Morgan fingerprint density at radius 2 is 2.05 bits per heavy atom. The number of nitrogens with zero attached hydrogens (tertiary/aromatic N) is 1. The molecule has 1 aromatic carbocycles. The second-order valence-corrected chi connectivity index (χ2v) is 5.17. The molecule has 0 fully saturated rings. The number of hydrogen-bond acceptors (Lipinski definition) is 3. The minimum absolute atomic E-state index is 0.179. The molecule has 1 aromatic heterocycles. The number of hydrogen-bond donors (Lipinski definition) is 2. The lowest BCUT2D eigenvalue weighted by Crippen LogP contribution is -2.34. The van der Waals surface area contributed by atoms with Crippen LogP contribution in [0.3, 0.4) is 0 Å². The van der Waals surface area contributed by atoms with Gasteiger partial charge in [0, 0.05) is 11.3 Å². The number of ether oxygens (including phenoxy) is 1. The summed E-state index contributed by atoms with van der Waals surface area (Å²) in [4.78, 5) is 8.08. The van der Waals surface area contributed by atoms with Crippen molar-refractivity contribution in [2.45, 2.75) is 26.3 Å². The van der Waals surface area contributed by atoms with E-state index in [0.717, 1.165) is 28.5 Å². The summed E-state index contributed by atoms with van der Waals surface area (Å²) in [6.07, 6.45) is 0. The van der Waals surface area contributed by atoms with Gasteiger partial charge < -0.3 is 15.0 Å². The van der Waals surface area contributed by atoms with Gasteiger partial charge in [0.15, 0.2) is 0 Å². The van der Waals surface area contributed by atoms with Crippen molar-refractivity contribution in [2.75, 3.05) is 14.2 Å². The highest BCUT2D eigenvalue weighted by Crippen LogP contribution is 2.27. The van der Waals surface area contributed by atoms with E-state index in [1.54, 1.807) is 7.11 Å². The highest BCUT2D eigenvalue weighted by atomic mass is 16.5. The molecule has 4 heteroatoms. The Morgan fingerprint density at radius 3 is 2.68 bits per heavy atom. The summed E-state index contributed by atoms with van der Waals surface area (Å²) in [5.74, 6) is 1.78. The zero-order chi connectivity index (χ0) is 14.0. The summed E-state index contributed by atoms with van der Waals surface area (Å²) >= 11 is 0. The SMILES string of the molecule is CNC(C)(C)c1nc(-c2cccc(OC)c2)c(C)[nH]1. The Bertz CT molecular complexity index is 573. The van der Waals surface area contributed by atoms with E-state index < -0.39 is 0 Å². The molecule has 102 valence electrons. The van der Waals surface area contributed by atoms with Crippen LogP contribution in [0.25, 0.3) is 11.3 Å². The molecule has 0 aliphatic carbocycles. The first-order valence-corrected chi connectivity index (χ1v) is 6.38. The predicted molar refractivity (Wildman–Crippen MR) is 77.4 cm³/mol. The van der Waals surface area contributed by atoms with E-state index in [1.807, 2.05) is 38.2 Å². The number of benzene rings is 1. The molecule has 0 amide bonds. The quantitative estimate of drug-likeness (QED) is 0.887. The van der Waals surface area contributed by atoms with Gasteiger partial charge in [0.05, 0.1) is 18.3 Å². The van der Waals surface area contributed by atoms with Crippen molar-refractivity contribution in [3.63, 3.8) is 0 Å². The Kier molecular flexibility index (Phi) is 3.62. The maximum atomic E-state index is 5.26. The molecule has 0 unspecified atom stereocenters. The number of H-pyrrole nitrogens is 1.